The molecule has 4 aromatic rings. The fourth-order valence-electron chi connectivity index (χ4n) is 3.99. The van der Waals surface area contributed by atoms with Gasteiger partial charge in [-0.2, -0.15) is 18.3 Å². The number of aryl methyl sites for hydroxylation is 1. The van der Waals surface area contributed by atoms with E-state index in [0.29, 0.717) is 35.7 Å². The first-order valence-corrected chi connectivity index (χ1v) is 11.0. The molecule has 11 heteroatoms. The molecule has 0 bridgehead atoms. The third-order valence-corrected chi connectivity index (χ3v) is 5.83. The van der Waals surface area contributed by atoms with Crippen LogP contribution in [0, 0.1) is 6.92 Å². The van der Waals surface area contributed by atoms with E-state index in [-0.39, 0.29) is 11.5 Å². The predicted octanol–water partition coefficient (Wildman–Crippen LogP) is 4.79. The van der Waals surface area contributed by atoms with Crippen LogP contribution in [0.3, 0.4) is 0 Å². The average molecular weight is 492 g/mol. The van der Waals surface area contributed by atoms with Gasteiger partial charge in [0, 0.05) is 35.0 Å². The molecule has 1 aliphatic rings. The third kappa shape index (κ3) is 4.54. The second-order valence-corrected chi connectivity index (χ2v) is 8.31. The first kappa shape index (κ1) is 23.2. The van der Waals surface area contributed by atoms with E-state index in [2.05, 4.69) is 25.7 Å². The molecule has 2 N–H and O–H groups in total. The van der Waals surface area contributed by atoms with Gasteiger partial charge in [-0.05, 0) is 49.2 Å². The zero-order chi connectivity index (χ0) is 25.4. The lowest BCUT2D eigenvalue weighted by Crippen LogP contribution is -2.21. The Hall–Kier alpha value is -4.54. The smallest absolute Gasteiger partial charge is 0.322 e. The Labute approximate surface area is 203 Å². The molecule has 0 radical (unpaired) electrons. The highest BCUT2D eigenvalue weighted by Crippen LogP contribution is 2.31. The van der Waals surface area contributed by atoms with Gasteiger partial charge in [0.05, 0.1) is 23.1 Å². The summed E-state index contributed by atoms with van der Waals surface area (Å²) in [5.74, 6) is -0.270. The topological polar surface area (TPSA) is 102 Å². The van der Waals surface area contributed by atoms with Crippen molar-refractivity contribution < 1.29 is 22.8 Å². The van der Waals surface area contributed by atoms with Crippen LogP contribution in [0.25, 0.3) is 16.9 Å². The summed E-state index contributed by atoms with van der Waals surface area (Å²) in [6.07, 6.45) is 1.12. The molecule has 0 atom stereocenters. The number of fused-ring (bicyclic) bond motifs is 1. The molecule has 36 heavy (non-hydrogen) atoms. The SMILES string of the molecule is Cc1ccc(NC(=O)c2cccc(C(F)(F)F)c2)cc1-n1cc(-c2ncnc3c2CCC(=O)N3)cn1. The summed E-state index contributed by atoms with van der Waals surface area (Å²) in [4.78, 5) is 32.8. The molecule has 3 heterocycles. The number of halogens is 3. The van der Waals surface area contributed by atoms with Crippen molar-refractivity contribution in [1.82, 2.24) is 19.7 Å². The minimum Gasteiger partial charge on any atom is -0.322 e. The van der Waals surface area contributed by atoms with Crippen LogP contribution in [-0.4, -0.2) is 31.6 Å². The second kappa shape index (κ2) is 8.91. The summed E-state index contributed by atoms with van der Waals surface area (Å²) in [6, 6.07) is 9.38. The van der Waals surface area contributed by atoms with Crippen molar-refractivity contribution in [2.45, 2.75) is 25.9 Å². The van der Waals surface area contributed by atoms with Crippen LogP contribution in [0.4, 0.5) is 24.7 Å². The van der Waals surface area contributed by atoms with Gasteiger partial charge in [-0.3, -0.25) is 9.59 Å². The van der Waals surface area contributed by atoms with Crippen molar-refractivity contribution in [2.24, 2.45) is 0 Å². The first-order valence-electron chi connectivity index (χ1n) is 11.0. The van der Waals surface area contributed by atoms with E-state index in [1.165, 1.54) is 18.5 Å². The fourth-order valence-corrected chi connectivity index (χ4v) is 3.99. The number of anilines is 2. The van der Waals surface area contributed by atoms with Gasteiger partial charge in [-0.1, -0.05) is 12.1 Å². The summed E-state index contributed by atoms with van der Waals surface area (Å²) in [6.45, 7) is 1.87. The number of carbonyl (C=O) groups excluding carboxylic acids is 2. The Kier molecular flexibility index (Phi) is 5.75. The van der Waals surface area contributed by atoms with Gasteiger partial charge >= 0.3 is 6.18 Å². The summed E-state index contributed by atoms with van der Waals surface area (Å²) in [7, 11) is 0. The summed E-state index contributed by atoms with van der Waals surface area (Å²) < 4.78 is 40.7. The zero-order valence-electron chi connectivity index (χ0n) is 18.9. The van der Waals surface area contributed by atoms with E-state index < -0.39 is 17.6 Å². The highest BCUT2D eigenvalue weighted by molar-refractivity contribution is 6.04. The number of carbonyl (C=O) groups is 2. The normalized spacial score (nSPS) is 13.2. The minimum atomic E-state index is -4.54. The largest absolute Gasteiger partial charge is 0.416 e. The van der Waals surface area contributed by atoms with Crippen molar-refractivity contribution in [3.8, 4) is 16.9 Å². The van der Waals surface area contributed by atoms with Crippen molar-refractivity contribution in [2.75, 3.05) is 10.6 Å². The molecule has 0 saturated carbocycles. The second-order valence-electron chi connectivity index (χ2n) is 8.31. The summed E-state index contributed by atoms with van der Waals surface area (Å²) >= 11 is 0. The quantitative estimate of drug-likeness (QED) is 0.426. The number of hydrogen-bond donors (Lipinski definition) is 2. The van der Waals surface area contributed by atoms with Gasteiger partial charge in [-0.15, -0.1) is 0 Å². The van der Waals surface area contributed by atoms with Crippen LogP contribution < -0.4 is 10.6 Å². The van der Waals surface area contributed by atoms with Gasteiger partial charge in [0.1, 0.15) is 12.1 Å². The molecule has 0 fully saturated rings. The molecule has 182 valence electrons. The minimum absolute atomic E-state index is 0.0949. The highest BCUT2D eigenvalue weighted by Gasteiger charge is 2.31. The number of nitrogens with one attached hydrogen (secondary N) is 2. The standard InChI is InChI=1S/C25H19F3N6O2/c1-14-5-6-18(32-24(36)15-3-2-4-17(9-15)25(26,27)28)10-20(14)34-12-16(11-31-34)22-19-7-8-21(35)33-23(19)30-13-29-22/h2-6,9-13H,7-8H2,1H3,(H,32,36)(H,29,30,33,35). The van der Waals surface area contributed by atoms with Crippen molar-refractivity contribution in [1.29, 1.82) is 0 Å². The Morgan fingerprint density at radius 3 is 2.75 bits per heavy atom. The molecule has 2 amide bonds. The average Bonchev–Trinajstić information content (AvgIpc) is 3.34. The third-order valence-electron chi connectivity index (χ3n) is 5.83. The maximum atomic E-state index is 13.0. The van der Waals surface area contributed by atoms with Crippen molar-refractivity contribution >= 4 is 23.3 Å². The van der Waals surface area contributed by atoms with Crippen LogP contribution in [0.2, 0.25) is 0 Å². The van der Waals surface area contributed by atoms with Gasteiger partial charge in [0.25, 0.3) is 5.91 Å². The number of hydrogen-bond acceptors (Lipinski definition) is 5. The summed E-state index contributed by atoms with van der Waals surface area (Å²) in [5, 5.41) is 9.83. The van der Waals surface area contributed by atoms with E-state index in [0.717, 1.165) is 28.8 Å². The lowest BCUT2D eigenvalue weighted by molar-refractivity contribution is -0.137. The Morgan fingerprint density at radius 1 is 1.11 bits per heavy atom. The van der Waals surface area contributed by atoms with Crippen LogP contribution in [0.15, 0.2) is 61.2 Å². The van der Waals surface area contributed by atoms with Crippen molar-refractivity contribution in [3.63, 3.8) is 0 Å². The summed E-state index contributed by atoms with van der Waals surface area (Å²) in [5.41, 5.74) is 3.15. The molecule has 2 aromatic carbocycles. The molecule has 0 unspecified atom stereocenters. The van der Waals surface area contributed by atoms with E-state index >= 15 is 0 Å². The van der Waals surface area contributed by atoms with E-state index in [1.807, 2.05) is 6.92 Å². The van der Waals surface area contributed by atoms with Gasteiger partial charge in [0.2, 0.25) is 5.91 Å². The molecule has 0 aliphatic carbocycles. The van der Waals surface area contributed by atoms with E-state index in [4.69, 9.17) is 0 Å². The molecule has 2 aromatic heterocycles. The zero-order valence-corrected chi connectivity index (χ0v) is 18.9. The number of aromatic nitrogens is 4. The molecule has 8 nitrogen and oxygen atoms in total. The lowest BCUT2D eigenvalue weighted by atomic mass is 10.0. The monoisotopic (exact) mass is 492 g/mol. The molecule has 1 aliphatic heterocycles. The Bertz CT molecular complexity index is 1500. The maximum absolute atomic E-state index is 13.0. The van der Waals surface area contributed by atoms with Gasteiger partial charge in [-0.25, -0.2) is 14.6 Å². The first-order chi connectivity index (χ1) is 17.2. The van der Waals surface area contributed by atoms with Crippen LogP contribution in [0.5, 0.6) is 0 Å². The number of benzene rings is 2. The van der Waals surface area contributed by atoms with Crippen LogP contribution >= 0.6 is 0 Å². The lowest BCUT2D eigenvalue weighted by Gasteiger charge is -2.17. The number of nitrogens with zero attached hydrogens (tertiary/aromatic N) is 4. The van der Waals surface area contributed by atoms with Gasteiger partial charge in [0.15, 0.2) is 0 Å². The Morgan fingerprint density at radius 2 is 1.94 bits per heavy atom. The van der Waals surface area contributed by atoms with Gasteiger partial charge < -0.3 is 10.6 Å². The van der Waals surface area contributed by atoms with E-state index in [9.17, 15) is 22.8 Å². The Balaban J connectivity index is 1.42. The maximum Gasteiger partial charge on any atom is 0.416 e. The molecular weight excluding hydrogens is 473 g/mol. The molecule has 5 rings (SSSR count). The molecular formula is C25H19F3N6O2. The number of alkyl halides is 3. The highest BCUT2D eigenvalue weighted by atomic mass is 19.4. The van der Waals surface area contributed by atoms with Crippen LogP contribution in [-0.2, 0) is 17.4 Å². The predicted molar refractivity (Wildman–Crippen MR) is 126 cm³/mol. The number of amides is 2. The van der Waals surface area contributed by atoms with E-state index in [1.54, 1.807) is 35.3 Å². The van der Waals surface area contributed by atoms with Crippen molar-refractivity contribution in [3.05, 3.63) is 83.4 Å². The molecule has 0 spiro atoms. The fraction of sp³-hybridized carbons (Fsp3) is 0.160. The molecule has 0 saturated heterocycles. The van der Waals surface area contributed by atoms with Crippen LogP contribution in [0.1, 0.15) is 33.5 Å². The number of rotatable bonds is 4.